The van der Waals surface area contributed by atoms with Crippen LogP contribution in [0.2, 0.25) is 0 Å². The van der Waals surface area contributed by atoms with Crippen LogP contribution in [0.25, 0.3) is 0 Å². The Bertz CT molecular complexity index is 433. The molecule has 3 nitrogen and oxygen atoms in total. The Morgan fingerprint density at radius 2 is 1.35 bits per heavy atom. The van der Waals surface area contributed by atoms with E-state index in [0.29, 0.717) is 19.1 Å². The van der Waals surface area contributed by atoms with Crippen LogP contribution in [0.15, 0.2) is 0 Å². The number of hydrogen-bond acceptors (Lipinski definition) is 3. The van der Waals surface area contributed by atoms with Crippen LogP contribution in [-0.2, 0) is 14.2 Å². The molecule has 2 saturated carbocycles. The molecule has 0 N–H and O–H groups in total. The zero-order valence-electron chi connectivity index (χ0n) is 14.9. The van der Waals surface area contributed by atoms with Crippen LogP contribution >= 0.6 is 0 Å². The molecule has 0 bridgehead atoms. The Kier molecular flexibility index (Phi) is 6.45. The van der Waals surface area contributed by atoms with Crippen LogP contribution in [0.5, 0.6) is 0 Å². The van der Waals surface area contributed by atoms with Crippen LogP contribution < -0.4 is 0 Å². The molecule has 0 spiro atoms. The van der Waals surface area contributed by atoms with E-state index >= 15 is 0 Å². The van der Waals surface area contributed by atoms with E-state index in [1.54, 1.807) is 0 Å². The topological polar surface area (TPSA) is 27.7 Å². The molecule has 3 aliphatic rings. The van der Waals surface area contributed by atoms with Crippen molar-refractivity contribution in [2.75, 3.05) is 13.2 Å². The van der Waals surface area contributed by atoms with Gasteiger partial charge in [0.15, 0.2) is 6.29 Å². The Hall–Kier alpha value is -0.470. The zero-order chi connectivity index (χ0) is 18.9. The smallest absolute Gasteiger partial charge is 0.352 e. The first-order valence-corrected chi connectivity index (χ1v) is 9.49. The largest absolute Gasteiger partial charge is 0.522 e. The van der Waals surface area contributed by atoms with Crippen molar-refractivity contribution >= 4 is 0 Å². The van der Waals surface area contributed by atoms with Crippen LogP contribution in [0.4, 0.5) is 22.0 Å². The lowest BCUT2D eigenvalue weighted by atomic mass is 9.76. The lowest BCUT2D eigenvalue weighted by Crippen LogP contribution is -2.49. The molecule has 2 aliphatic carbocycles. The summed E-state index contributed by atoms with van der Waals surface area (Å²) in [6.45, 7) is 3.22. The predicted octanol–water partition coefficient (Wildman–Crippen LogP) is 4.79. The number of hydrogen-bond donors (Lipinski definition) is 0. The second kappa shape index (κ2) is 8.27. The van der Waals surface area contributed by atoms with Gasteiger partial charge in [0.1, 0.15) is 18.4 Å². The van der Waals surface area contributed by atoms with Crippen molar-refractivity contribution in [2.45, 2.75) is 76.5 Å². The molecule has 0 aromatic rings. The van der Waals surface area contributed by atoms with Crippen molar-refractivity contribution in [3.05, 3.63) is 0 Å². The maximum Gasteiger partial charge on any atom is 0.522 e. The molecule has 3 rings (SSSR count). The lowest BCUT2D eigenvalue weighted by Gasteiger charge is -2.42. The minimum absolute atomic E-state index is 0.253. The van der Waals surface area contributed by atoms with E-state index in [-0.39, 0.29) is 18.8 Å². The van der Waals surface area contributed by atoms with Gasteiger partial charge in [-0.25, -0.2) is 8.78 Å². The van der Waals surface area contributed by atoms with Crippen molar-refractivity contribution < 1.29 is 36.2 Å². The van der Waals surface area contributed by atoms with E-state index in [1.165, 1.54) is 12.8 Å². The van der Waals surface area contributed by atoms with Gasteiger partial charge in [-0.05, 0) is 37.5 Å². The standard InChI is InChI=1S/C18H27F5O3/c1-10-2-4-11(5-3-10)13-8-24-17(25-9-13)12-6-14(19)16(15(20)7-12)26-18(21,22)23/h10-17H,2-9H2,1H3. The van der Waals surface area contributed by atoms with Crippen molar-refractivity contribution in [3.8, 4) is 0 Å². The monoisotopic (exact) mass is 386 g/mol. The number of ether oxygens (including phenoxy) is 3. The molecule has 0 radical (unpaired) electrons. The van der Waals surface area contributed by atoms with E-state index in [2.05, 4.69) is 11.7 Å². The summed E-state index contributed by atoms with van der Waals surface area (Å²) in [7, 11) is 0. The fourth-order valence-corrected chi connectivity index (χ4v) is 4.53. The number of rotatable bonds is 3. The van der Waals surface area contributed by atoms with Gasteiger partial charge in [0.2, 0.25) is 0 Å². The van der Waals surface area contributed by atoms with E-state index in [1.807, 2.05) is 0 Å². The maximum absolute atomic E-state index is 14.1. The Balaban J connectivity index is 1.48. The van der Waals surface area contributed by atoms with Crippen molar-refractivity contribution in [3.63, 3.8) is 0 Å². The number of alkyl halides is 5. The SMILES string of the molecule is CC1CCC(C2COC(C3CC(F)C(OC(F)(F)F)C(F)C3)OC2)CC1. The van der Waals surface area contributed by atoms with Gasteiger partial charge in [-0.15, -0.1) is 13.2 Å². The molecule has 26 heavy (non-hydrogen) atoms. The summed E-state index contributed by atoms with van der Waals surface area (Å²) in [6, 6.07) is 0. The summed E-state index contributed by atoms with van der Waals surface area (Å²) in [4.78, 5) is 0. The highest BCUT2D eigenvalue weighted by Crippen LogP contribution is 2.40. The van der Waals surface area contributed by atoms with Gasteiger partial charge < -0.3 is 9.47 Å². The Morgan fingerprint density at radius 3 is 1.85 bits per heavy atom. The van der Waals surface area contributed by atoms with Gasteiger partial charge in [0.05, 0.1) is 13.2 Å². The van der Waals surface area contributed by atoms with Crippen molar-refractivity contribution in [1.29, 1.82) is 0 Å². The third-order valence-corrected chi connectivity index (χ3v) is 6.10. The summed E-state index contributed by atoms with van der Waals surface area (Å²) in [6.07, 6.45) is -7.80. The molecule has 2 atom stereocenters. The molecule has 152 valence electrons. The van der Waals surface area contributed by atoms with Gasteiger partial charge in [-0.3, -0.25) is 4.74 Å². The molecule has 8 heteroatoms. The molecule has 1 aliphatic heterocycles. The van der Waals surface area contributed by atoms with E-state index in [9.17, 15) is 22.0 Å². The normalized spacial score (nSPS) is 45.5. The maximum atomic E-state index is 14.1. The molecular weight excluding hydrogens is 359 g/mol. The first-order valence-electron chi connectivity index (χ1n) is 9.49. The molecular formula is C18H27F5O3. The highest BCUT2D eigenvalue weighted by Gasteiger charge is 2.48. The molecule has 0 amide bonds. The molecule has 0 aromatic heterocycles. The minimum atomic E-state index is -5.05. The molecule has 1 saturated heterocycles. The molecule has 0 aromatic carbocycles. The summed E-state index contributed by atoms with van der Waals surface area (Å²) < 4.78 is 80.0. The zero-order valence-corrected chi connectivity index (χ0v) is 14.9. The van der Waals surface area contributed by atoms with Gasteiger partial charge in [0.25, 0.3) is 0 Å². The lowest BCUT2D eigenvalue weighted by molar-refractivity contribution is -0.360. The fourth-order valence-electron chi connectivity index (χ4n) is 4.53. The van der Waals surface area contributed by atoms with Crippen LogP contribution in [0, 0.1) is 23.7 Å². The van der Waals surface area contributed by atoms with E-state index < -0.39 is 37.0 Å². The van der Waals surface area contributed by atoms with Gasteiger partial charge in [0, 0.05) is 11.8 Å². The first-order chi connectivity index (χ1) is 12.2. The third-order valence-electron chi connectivity index (χ3n) is 6.10. The second-order valence-corrected chi connectivity index (χ2v) is 8.11. The first kappa shape index (κ1) is 20.3. The van der Waals surface area contributed by atoms with E-state index in [4.69, 9.17) is 9.47 Å². The summed E-state index contributed by atoms with van der Waals surface area (Å²) in [5.41, 5.74) is 0. The van der Waals surface area contributed by atoms with Gasteiger partial charge in [-0.1, -0.05) is 19.8 Å². The van der Waals surface area contributed by atoms with E-state index in [0.717, 1.165) is 18.8 Å². The predicted molar refractivity (Wildman–Crippen MR) is 83.7 cm³/mol. The van der Waals surface area contributed by atoms with Crippen molar-refractivity contribution in [2.24, 2.45) is 23.7 Å². The average molecular weight is 386 g/mol. The summed E-state index contributed by atoms with van der Waals surface area (Å²) >= 11 is 0. The Morgan fingerprint density at radius 1 is 0.808 bits per heavy atom. The quantitative estimate of drug-likeness (QED) is 0.653. The average Bonchev–Trinajstić information content (AvgIpc) is 2.58. The van der Waals surface area contributed by atoms with Crippen molar-refractivity contribution in [1.82, 2.24) is 0 Å². The second-order valence-electron chi connectivity index (χ2n) is 8.11. The van der Waals surface area contributed by atoms with Crippen LogP contribution in [0.3, 0.4) is 0 Å². The number of halogens is 5. The van der Waals surface area contributed by atoms with Gasteiger partial charge in [-0.2, -0.15) is 0 Å². The van der Waals surface area contributed by atoms with Crippen LogP contribution in [0.1, 0.15) is 45.4 Å². The molecule has 1 heterocycles. The molecule has 3 fully saturated rings. The fraction of sp³-hybridized carbons (Fsp3) is 1.00. The Labute approximate surface area is 150 Å². The minimum Gasteiger partial charge on any atom is -0.352 e. The summed E-state index contributed by atoms with van der Waals surface area (Å²) in [5, 5.41) is 0. The molecule has 2 unspecified atom stereocenters. The highest BCUT2D eigenvalue weighted by molar-refractivity contribution is 4.90. The summed E-state index contributed by atoms with van der Waals surface area (Å²) in [5.74, 6) is 0.985. The van der Waals surface area contributed by atoms with Crippen LogP contribution in [-0.4, -0.2) is 44.3 Å². The third kappa shape index (κ3) is 5.07. The highest BCUT2D eigenvalue weighted by atomic mass is 19.4. The van der Waals surface area contributed by atoms with Gasteiger partial charge >= 0.3 is 6.36 Å².